The van der Waals surface area contributed by atoms with Gasteiger partial charge in [-0.15, -0.1) is 0 Å². The molecule has 0 bridgehead atoms. The summed E-state index contributed by atoms with van der Waals surface area (Å²) >= 11 is 0. The van der Waals surface area contributed by atoms with Gasteiger partial charge in [0.1, 0.15) is 0 Å². The van der Waals surface area contributed by atoms with Crippen LogP contribution in [0.25, 0.3) is 5.69 Å². The van der Waals surface area contributed by atoms with E-state index in [1.54, 1.807) is 0 Å². The van der Waals surface area contributed by atoms with Crippen LogP contribution in [0.15, 0.2) is 66.9 Å². The van der Waals surface area contributed by atoms with Crippen LogP contribution in [-0.4, -0.2) is 35.1 Å². The van der Waals surface area contributed by atoms with E-state index in [1.165, 1.54) is 22.6 Å². The summed E-state index contributed by atoms with van der Waals surface area (Å²) in [6.45, 7) is 6.70. The number of para-hydroxylation sites is 2. The maximum absolute atomic E-state index is 12.9. The number of anilines is 2. The summed E-state index contributed by atoms with van der Waals surface area (Å²) in [7, 11) is 0. The number of nitrogens with one attached hydrogen (secondary N) is 1. The molecule has 2 amide bonds. The maximum Gasteiger partial charge on any atom is 0.321 e. The largest absolute Gasteiger partial charge is 0.359 e. The quantitative estimate of drug-likeness (QED) is 0.646. The van der Waals surface area contributed by atoms with E-state index < -0.39 is 0 Å². The number of amides is 2. The predicted molar refractivity (Wildman–Crippen MR) is 121 cm³/mol. The standard InChI is InChI=1S/C25H28N4O/c1-3-29-22-8-5-4-7-21(22)28-16-6-9-23(28)25(29)14-17-27(18-15-25)24(30)26-20-12-10-19(2)11-13-20/h4-13,16H,3,14-15,17-18H2,1-2H3,(H,26,30). The second-order valence-electron chi connectivity index (χ2n) is 8.31. The minimum atomic E-state index is -0.0761. The lowest BCUT2D eigenvalue weighted by Crippen LogP contribution is -2.57. The van der Waals surface area contributed by atoms with Gasteiger partial charge in [0, 0.05) is 37.2 Å². The first-order valence-corrected chi connectivity index (χ1v) is 10.8. The zero-order valence-electron chi connectivity index (χ0n) is 17.6. The van der Waals surface area contributed by atoms with E-state index in [-0.39, 0.29) is 11.6 Å². The Balaban J connectivity index is 1.39. The Morgan fingerprint density at radius 1 is 0.967 bits per heavy atom. The zero-order chi connectivity index (χ0) is 20.7. The van der Waals surface area contributed by atoms with Gasteiger partial charge in [-0.25, -0.2) is 4.79 Å². The molecule has 1 aromatic heterocycles. The van der Waals surface area contributed by atoms with Gasteiger partial charge < -0.3 is 19.7 Å². The van der Waals surface area contributed by atoms with Crippen molar-refractivity contribution in [2.75, 3.05) is 29.9 Å². The molecule has 30 heavy (non-hydrogen) atoms. The van der Waals surface area contributed by atoms with Crippen LogP contribution >= 0.6 is 0 Å². The molecular formula is C25H28N4O. The van der Waals surface area contributed by atoms with Gasteiger partial charge in [-0.2, -0.15) is 0 Å². The van der Waals surface area contributed by atoms with Gasteiger partial charge in [-0.05, 0) is 63.1 Å². The van der Waals surface area contributed by atoms with Gasteiger partial charge in [-0.1, -0.05) is 29.8 Å². The minimum Gasteiger partial charge on any atom is -0.359 e. The molecule has 0 atom stereocenters. The molecule has 5 heteroatoms. The molecule has 1 N–H and O–H groups in total. The number of hydrogen-bond acceptors (Lipinski definition) is 2. The first kappa shape index (κ1) is 18.8. The summed E-state index contributed by atoms with van der Waals surface area (Å²) < 4.78 is 2.34. The number of carbonyl (C=O) groups is 1. The number of rotatable bonds is 2. The Morgan fingerprint density at radius 3 is 2.37 bits per heavy atom. The molecule has 2 aliphatic rings. The highest BCUT2D eigenvalue weighted by Gasteiger charge is 2.46. The molecule has 0 unspecified atom stereocenters. The highest BCUT2D eigenvalue weighted by Crippen LogP contribution is 2.47. The number of aryl methyl sites for hydroxylation is 1. The van der Waals surface area contributed by atoms with Gasteiger partial charge in [0.25, 0.3) is 0 Å². The van der Waals surface area contributed by atoms with Crippen LogP contribution in [0.1, 0.15) is 31.0 Å². The van der Waals surface area contributed by atoms with Crippen molar-refractivity contribution in [1.82, 2.24) is 9.47 Å². The molecular weight excluding hydrogens is 372 g/mol. The lowest BCUT2D eigenvalue weighted by molar-refractivity contribution is 0.161. The summed E-state index contributed by atoms with van der Waals surface area (Å²) in [5.41, 5.74) is 5.81. The number of likely N-dealkylation sites (tertiary alicyclic amines) is 1. The average Bonchev–Trinajstić information content (AvgIpc) is 3.27. The Morgan fingerprint density at radius 2 is 1.67 bits per heavy atom. The van der Waals surface area contributed by atoms with E-state index >= 15 is 0 Å². The molecule has 1 spiro atoms. The Bertz CT molecular complexity index is 1060. The van der Waals surface area contributed by atoms with Crippen molar-refractivity contribution in [3.63, 3.8) is 0 Å². The molecule has 154 valence electrons. The second-order valence-corrected chi connectivity index (χ2v) is 8.31. The van der Waals surface area contributed by atoms with E-state index in [4.69, 9.17) is 0 Å². The summed E-state index contributed by atoms with van der Waals surface area (Å²) in [5.74, 6) is 0. The van der Waals surface area contributed by atoms with Crippen molar-refractivity contribution in [2.24, 2.45) is 0 Å². The van der Waals surface area contributed by atoms with Crippen molar-refractivity contribution in [3.8, 4) is 5.69 Å². The zero-order valence-corrected chi connectivity index (χ0v) is 17.6. The predicted octanol–water partition coefficient (Wildman–Crippen LogP) is 5.15. The average molecular weight is 401 g/mol. The fourth-order valence-corrected chi connectivity index (χ4v) is 5.15. The molecule has 3 heterocycles. The Kier molecular flexibility index (Phi) is 4.54. The lowest BCUT2D eigenvalue weighted by Gasteiger charge is -2.53. The minimum absolute atomic E-state index is 0.0108. The second kappa shape index (κ2) is 7.24. The number of carbonyl (C=O) groups excluding carboxylic acids is 1. The van der Waals surface area contributed by atoms with Gasteiger partial charge in [0.15, 0.2) is 0 Å². The van der Waals surface area contributed by atoms with Gasteiger partial charge >= 0.3 is 6.03 Å². The number of fused-ring (bicyclic) bond motifs is 4. The van der Waals surface area contributed by atoms with Crippen LogP contribution in [0.2, 0.25) is 0 Å². The van der Waals surface area contributed by atoms with E-state index in [9.17, 15) is 4.79 Å². The maximum atomic E-state index is 12.9. The summed E-state index contributed by atoms with van der Waals surface area (Å²) in [6.07, 6.45) is 4.00. The summed E-state index contributed by atoms with van der Waals surface area (Å²) in [5, 5.41) is 3.05. The Labute approximate surface area is 177 Å². The number of urea groups is 1. The van der Waals surface area contributed by atoms with Crippen molar-refractivity contribution in [3.05, 3.63) is 78.1 Å². The first-order chi connectivity index (χ1) is 14.6. The number of benzene rings is 2. The molecule has 5 nitrogen and oxygen atoms in total. The normalized spacial score (nSPS) is 16.9. The molecule has 1 fully saturated rings. The smallest absolute Gasteiger partial charge is 0.321 e. The number of hydrogen-bond donors (Lipinski definition) is 1. The molecule has 2 aliphatic heterocycles. The molecule has 2 aromatic carbocycles. The summed E-state index contributed by atoms with van der Waals surface area (Å²) in [4.78, 5) is 17.4. The molecule has 0 aliphatic carbocycles. The molecule has 5 rings (SSSR count). The third-order valence-electron chi connectivity index (χ3n) is 6.67. The van der Waals surface area contributed by atoms with Gasteiger partial charge in [-0.3, -0.25) is 0 Å². The Hall–Kier alpha value is -3.21. The highest BCUT2D eigenvalue weighted by molar-refractivity contribution is 5.89. The number of piperidine rings is 1. The number of aromatic nitrogens is 1. The van der Waals surface area contributed by atoms with Crippen LogP contribution < -0.4 is 10.2 Å². The highest BCUT2D eigenvalue weighted by atomic mass is 16.2. The summed E-state index contributed by atoms with van der Waals surface area (Å²) in [6, 6.07) is 21.0. The first-order valence-electron chi connectivity index (χ1n) is 10.8. The third-order valence-corrected chi connectivity index (χ3v) is 6.67. The van der Waals surface area contributed by atoms with E-state index in [0.29, 0.717) is 0 Å². The van der Waals surface area contributed by atoms with E-state index in [0.717, 1.165) is 38.2 Å². The van der Waals surface area contributed by atoms with E-state index in [1.807, 2.05) is 36.1 Å². The van der Waals surface area contributed by atoms with Crippen LogP contribution in [-0.2, 0) is 5.54 Å². The van der Waals surface area contributed by atoms with Crippen LogP contribution in [0, 0.1) is 6.92 Å². The molecule has 0 radical (unpaired) electrons. The molecule has 3 aromatic rings. The van der Waals surface area contributed by atoms with Gasteiger partial charge in [0.05, 0.1) is 16.9 Å². The SMILES string of the molecule is CCN1c2ccccc2-n2cccc2C12CCN(C(=O)Nc1ccc(C)cc1)CC2. The number of nitrogens with zero attached hydrogens (tertiary/aromatic N) is 3. The fourth-order valence-electron chi connectivity index (χ4n) is 5.15. The third kappa shape index (κ3) is 2.88. The van der Waals surface area contributed by atoms with Crippen LogP contribution in [0.4, 0.5) is 16.2 Å². The van der Waals surface area contributed by atoms with Crippen molar-refractivity contribution >= 4 is 17.4 Å². The van der Waals surface area contributed by atoms with Crippen molar-refractivity contribution in [2.45, 2.75) is 32.2 Å². The van der Waals surface area contributed by atoms with Crippen LogP contribution in [0.3, 0.4) is 0 Å². The van der Waals surface area contributed by atoms with Crippen molar-refractivity contribution < 1.29 is 4.79 Å². The monoisotopic (exact) mass is 400 g/mol. The van der Waals surface area contributed by atoms with Crippen molar-refractivity contribution in [1.29, 1.82) is 0 Å². The van der Waals surface area contributed by atoms with E-state index in [2.05, 4.69) is 64.3 Å². The topological polar surface area (TPSA) is 40.5 Å². The molecule has 1 saturated heterocycles. The molecule has 0 saturated carbocycles. The van der Waals surface area contributed by atoms with Gasteiger partial charge in [0.2, 0.25) is 0 Å². The van der Waals surface area contributed by atoms with Crippen LogP contribution in [0.5, 0.6) is 0 Å². The fraction of sp³-hybridized carbons (Fsp3) is 0.320. The lowest BCUT2D eigenvalue weighted by atomic mass is 9.80.